The van der Waals surface area contributed by atoms with Gasteiger partial charge >= 0.3 is 6.80 Å². The molecule has 3 nitrogen and oxygen atoms in total. The van der Waals surface area contributed by atoms with E-state index in [1.165, 1.54) is 16.9 Å². The third kappa shape index (κ3) is 5.57. The molecular weight excluding hydrogens is 267 g/mol. The van der Waals surface area contributed by atoms with Gasteiger partial charge in [-0.05, 0) is 58.1 Å². The molecule has 0 atom stereocenters. The second-order valence-electron chi connectivity index (χ2n) is 4.66. The summed E-state index contributed by atoms with van der Waals surface area (Å²) in [5, 5.41) is 0. The lowest BCUT2D eigenvalue weighted by Gasteiger charge is -2.21. The zero-order chi connectivity index (χ0) is 13.8. The second-order valence-corrected chi connectivity index (χ2v) is 8.52. The van der Waals surface area contributed by atoms with Gasteiger partial charge < -0.3 is 0 Å². The third-order valence-corrected chi connectivity index (χ3v) is 5.80. The normalized spacial score (nSPS) is 12.4. The minimum Gasteiger partial charge on any atom is -0.298 e. The van der Waals surface area contributed by atoms with Crippen LogP contribution in [-0.2, 0) is 13.6 Å². The van der Waals surface area contributed by atoms with Crippen molar-refractivity contribution in [1.82, 2.24) is 0 Å². The molecule has 1 rings (SSSR count). The van der Waals surface area contributed by atoms with Crippen LogP contribution in [-0.4, -0.2) is 12.2 Å². The average molecular weight is 288 g/mol. The van der Waals surface area contributed by atoms with E-state index < -0.39 is 6.80 Å². The van der Waals surface area contributed by atoms with Crippen LogP contribution in [0, 0.1) is 6.92 Å². The van der Waals surface area contributed by atoms with Crippen LogP contribution in [0.1, 0.15) is 33.3 Å². The van der Waals surface area contributed by atoms with E-state index in [-0.39, 0.29) is 12.2 Å². The van der Waals surface area contributed by atoms with E-state index in [0.29, 0.717) is 0 Å². The first kappa shape index (κ1) is 15.8. The van der Waals surface area contributed by atoms with Gasteiger partial charge in [0.2, 0.25) is 0 Å². The summed E-state index contributed by atoms with van der Waals surface area (Å²) in [7, 11) is 0. The fourth-order valence-corrected chi connectivity index (χ4v) is 5.43. The van der Waals surface area contributed by atoms with Crippen molar-refractivity contribution < 1.29 is 13.6 Å². The van der Waals surface area contributed by atoms with E-state index in [1.807, 2.05) is 58.9 Å². The Labute approximate surface area is 114 Å². The predicted octanol–water partition coefficient (Wildman–Crippen LogP) is 5.05. The Morgan fingerprint density at radius 3 is 1.83 bits per heavy atom. The molecule has 0 fully saturated rings. The molecular formula is C13H21O3PS. The monoisotopic (exact) mass is 288 g/mol. The van der Waals surface area contributed by atoms with E-state index in [9.17, 15) is 4.57 Å². The van der Waals surface area contributed by atoms with Gasteiger partial charge in [-0.2, -0.15) is 0 Å². The molecule has 0 aliphatic heterocycles. The van der Waals surface area contributed by atoms with Crippen molar-refractivity contribution in [2.24, 2.45) is 0 Å². The van der Waals surface area contributed by atoms with Crippen molar-refractivity contribution in [2.75, 3.05) is 0 Å². The Bertz CT molecular complexity index is 401. The molecule has 1 aromatic carbocycles. The van der Waals surface area contributed by atoms with Gasteiger partial charge in [0.25, 0.3) is 0 Å². The highest BCUT2D eigenvalue weighted by Crippen LogP contribution is 2.64. The van der Waals surface area contributed by atoms with Gasteiger partial charge in [-0.3, -0.25) is 9.05 Å². The summed E-state index contributed by atoms with van der Waals surface area (Å²) in [4.78, 5) is 0.894. The van der Waals surface area contributed by atoms with Gasteiger partial charge in [-0.1, -0.05) is 17.7 Å². The zero-order valence-electron chi connectivity index (χ0n) is 11.5. The molecule has 0 heterocycles. The molecule has 0 aliphatic rings. The minimum atomic E-state index is -3.15. The van der Waals surface area contributed by atoms with Crippen LogP contribution in [0.15, 0.2) is 29.2 Å². The molecule has 0 bridgehead atoms. The minimum absolute atomic E-state index is 0.132. The maximum atomic E-state index is 12.6. The molecule has 0 aliphatic carbocycles. The van der Waals surface area contributed by atoms with E-state index >= 15 is 0 Å². The highest BCUT2D eigenvalue weighted by atomic mass is 32.7. The van der Waals surface area contributed by atoms with Crippen LogP contribution in [0.4, 0.5) is 0 Å². The lowest BCUT2D eigenvalue weighted by Crippen LogP contribution is -2.05. The number of benzene rings is 1. The first-order chi connectivity index (χ1) is 8.31. The fourth-order valence-electron chi connectivity index (χ4n) is 1.31. The number of hydrogen-bond acceptors (Lipinski definition) is 4. The summed E-state index contributed by atoms with van der Waals surface area (Å²) in [6.45, 7) is 6.28. The van der Waals surface area contributed by atoms with Gasteiger partial charge in [0.1, 0.15) is 0 Å². The largest absolute Gasteiger partial charge is 0.394 e. The van der Waals surface area contributed by atoms with E-state index in [2.05, 4.69) is 0 Å². The summed E-state index contributed by atoms with van der Waals surface area (Å²) >= 11 is 1.17. The molecule has 0 saturated carbocycles. The van der Waals surface area contributed by atoms with Crippen molar-refractivity contribution >= 4 is 18.2 Å². The Hall–Kier alpha value is -0.280. The summed E-state index contributed by atoms with van der Waals surface area (Å²) in [5.74, 6) is 0. The summed E-state index contributed by atoms with van der Waals surface area (Å²) in [6.07, 6.45) is -0.264. The topological polar surface area (TPSA) is 35.5 Å². The van der Waals surface area contributed by atoms with E-state index in [0.717, 1.165) is 4.90 Å². The zero-order valence-corrected chi connectivity index (χ0v) is 13.3. The Balaban J connectivity index is 2.84. The van der Waals surface area contributed by atoms with E-state index in [1.54, 1.807) is 0 Å². The molecule has 1 aromatic rings. The fraction of sp³-hybridized carbons (Fsp3) is 0.538. The highest BCUT2D eigenvalue weighted by Gasteiger charge is 2.29. The number of rotatable bonds is 6. The van der Waals surface area contributed by atoms with Crippen molar-refractivity contribution in [1.29, 1.82) is 0 Å². The van der Waals surface area contributed by atoms with Crippen LogP contribution in [0.25, 0.3) is 0 Å². The molecule has 5 heteroatoms. The molecule has 0 N–H and O–H groups in total. The first-order valence-electron chi connectivity index (χ1n) is 6.04. The maximum Gasteiger partial charge on any atom is 0.394 e. The lowest BCUT2D eigenvalue weighted by atomic mass is 10.2. The highest BCUT2D eigenvalue weighted by molar-refractivity contribution is 8.55. The van der Waals surface area contributed by atoms with Gasteiger partial charge in [0, 0.05) is 4.90 Å². The van der Waals surface area contributed by atoms with Crippen LogP contribution in [0.3, 0.4) is 0 Å². The Morgan fingerprint density at radius 2 is 1.44 bits per heavy atom. The molecule has 0 radical (unpaired) electrons. The molecule has 0 spiro atoms. The van der Waals surface area contributed by atoms with E-state index in [4.69, 9.17) is 9.05 Å². The van der Waals surface area contributed by atoms with Gasteiger partial charge in [-0.15, -0.1) is 0 Å². The van der Waals surface area contributed by atoms with Crippen LogP contribution < -0.4 is 0 Å². The number of hydrogen-bond donors (Lipinski definition) is 0. The summed E-state index contributed by atoms with van der Waals surface area (Å²) < 4.78 is 23.6. The average Bonchev–Trinajstić information content (AvgIpc) is 2.18. The molecule has 0 aromatic heterocycles. The maximum absolute atomic E-state index is 12.6. The molecule has 0 unspecified atom stereocenters. The predicted molar refractivity (Wildman–Crippen MR) is 77.1 cm³/mol. The van der Waals surface area contributed by atoms with Gasteiger partial charge in [0.15, 0.2) is 0 Å². The molecule has 18 heavy (non-hydrogen) atoms. The van der Waals surface area contributed by atoms with Gasteiger partial charge in [-0.25, -0.2) is 4.57 Å². The van der Waals surface area contributed by atoms with Crippen molar-refractivity contribution in [3.63, 3.8) is 0 Å². The quantitative estimate of drug-likeness (QED) is 0.686. The second kappa shape index (κ2) is 6.76. The van der Waals surface area contributed by atoms with Crippen molar-refractivity contribution in [2.45, 2.75) is 51.7 Å². The van der Waals surface area contributed by atoms with Crippen LogP contribution in [0.5, 0.6) is 0 Å². The van der Waals surface area contributed by atoms with Crippen LogP contribution >= 0.6 is 18.2 Å². The number of aryl methyl sites for hydroxylation is 1. The smallest absolute Gasteiger partial charge is 0.298 e. The standard InChI is InChI=1S/C13H21O3PS/c1-10(2)15-17(14,16-11(3)4)18-13-8-6-12(5)7-9-13/h6-11H,1-5H3. The SMILES string of the molecule is Cc1ccc(SP(=O)(OC(C)C)OC(C)C)cc1. The molecule has 102 valence electrons. The van der Waals surface area contributed by atoms with Gasteiger partial charge in [0.05, 0.1) is 12.2 Å². The molecule has 0 amide bonds. The van der Waals surface area contributed by atoms with Crippen molar-refractivity contribution in [3.8, 4) is 0 Å². The lowest BCUT2D eigenvalue weighted by molar-refractivity contribution is 0.156. The van der Waals surface area contributed by atoms with Crippen LogP contribution in [0.2, 0.25) is 0 Å². The first-order valence-corrected chi connectivity index (χ1v) is 9.00. The Morgan fingerprint density at radius 1 is 1.00 bits per heavy atom. The Kier molecular flexibility index (Phi) is 5.93. The summed E-state index contributed by atoms with van der Waals surface area (Å²) in [5.41, 5.74) is 1.17. The summed E-state index contributed by atoms with van der Waals surface area (Å²) in [6, 6.07) is 7.83. The van der Waals surface area contributed by atoms with Crippen molar-refractivity contribution in [3.05, 3.63) is 29.8 Å². The molecule has 0 saturated heterocycles. The third-order valence-electron chi connectivity index (χ3n) is 1.92.